The molecule has 0 aliphatic carbocycles. The zero-order valence-electron chi connectivity index (χ0n) is 10.5. The van der Waals surface area contributed by atoms with E-state index in [9.17, 15) is 18.5 Å². The van der Waals surface area contributed by atoms with Crippen LogP contribution >= 0.6 is 22.6 Å². The van der Waals surface area contributed by atoms with E-state index < -0.39 is 20.6 Å². The molecule has 3 N–H and O–H groups in total. The van der Waals surface area contributed by atoms with Gasteiger partial charge in [0.15, 0.2) is 0 Å². The van der Waals surface area contributed by atoms with Gasteiger partial charge in [-0.3, -0.25) is 14.8 Å². The van der Waals surface area contributed by atoms with Gasteiger partial charge in [-0.2, -0.15) is 0 Å². The lowest BCUT2D eigenvalue weighted by Gasteiger charge is -2.10. The van der Waals surface area contributed by atoms with Crippen molar-refractivity contribution in [3.8, 4) is 0 Å². The fourth-order valence-electron chi connectivity index (χ4n) is 1.60. The van der Waals surface area contributed by atoms with E-state index in [4.69, 9.17) is 5.73 Å². The molecule has 0 aromatic heterocycles. The van der Waals surface area contributed by atoms with Crippen LogP contribution in [0.1, 0.15) is 0 Å². The van der Waals surface area contributed by atoms with Gasteiger partial charge in [-0.1, -0.05) is 12.1 Å². The molecular formula is C12H10IN3O4S. The lowest BCUT2D eigenvalue weighted by molar-refractivity contribution is -0.384. The van der Waals surface area contributed by atoms with Gasteiger partial charge in [-0.15, -0.1) is 0 Å². The molecule has 0 bridgehead atoms. The molecule has 0 saturated heterocycles. The Morgan fingerprint density at radius 1 is 1.19 bits per heavy atom. The van der Waals surface area contributed by atoms with E-state index >= 15 is 0 Å². The molecule has 7 nitrogen and oxygen atoms in total. The van der Waals surface area contributed by atoms with Crippen LogP contribution in [0.5, 0.6) is 0 Å². The number of nitro groups is 1. The highest BCUT2D eigenvalue weighted by Crippen LogP contribution is 2.27. The van der Waals surface area contributed by atoms with Crippen molar-refractivity contribution in [2.24, 2.45) is 0 Å². The maximum Gasteiger partial charge on any atom is 0.293 e. The molecule has 0 atom stereocenters. The largest absolute Gasteiger partial charge is 0.393 e. The third-order valence-electron chi connectivity index (χ3n) is 2.63. The minimum Gasteiger partial charge on any atom is -0.393 e. The summed E-state index contributed by atoms with van der Waals surface area (Å²) >= 11 is 1.99. The quantitative estimate of drug-likeness (QED) is 0.342. The van der Waals surface area contributed by atoms with Crippen LogP contribution < -0.4 is 10.5 Å². The number of sulfonamides is 1. The molecule has 0 aliphatic heterocycles. The Kier molecular flexibility index (Phi) is 4.32. The number of anilines is 2. The zero-order valence-corrected chi connectivity index (χ0v) is 13.5. The van der Waals surface area contributed by atoms with E-state index in [1.54, 1.807) is 24.3 Å². The lowest BCUT2D eigenvalue weighted by Crippen LogP contribution is -2.14. The number of nitrogens with zero attached hydrogens (tertiary/aromatic N) is 1. The van der Waals surface area contributed by atoms with Crippen LogP contribution in [0, 0.1) is 13.7 Å². The van der Waals surface area contributed by atoms with Gasteiger partial charge in [0.05, 0.1) is 15.5 Å². The normalized spacial score (nSPS) is 11.1. The number of nitrogen functional groups attached to an aromatic ring is 1. The van der Waals surface area contributed by atoms with Crippen molar-refractivity contribution in [3.05, 3.63) is 56.1 Å². The van der Waals surface area contributed by atoms with Crippen molar-refractivity contribution in [2.75, 3.05) is 10.5 Å². The average Bonchev–Trinajstić information content (AvgIpc) is 2.41. The van der Waals surface area contributed by atoms with Gasteiger partial charge in [-0.05, 0) is 46.9 Å². The number of benzene rings is 2. The van der Waals surface area contributed by atoms with E-state index in [0.29, 0.717) is 9.26 Å². The lowest BCUT2D eigenvalue weighted by atomic mass is 10.3. The smallest absolute Gasteiger partial charge is 0.293 e. The highest BCUT2D eigenvalue weighted by Gasteiger charge is 2.20. The van der Waals surface area contributed by atoms with Crippen LogP contribution in [0.4, 0.5) is 17.1 Å². The molecule has 0 amide bonds. The number of nitrogens with one attached hydrogen (secondary N) is 1. The molecule has 110 valence electrons. The molecule has 9 heteroatoms. The summed E-state index contributed by atoms with van der Waals surface area (Å²) in [6.45, 7) is 0. The topological polar surface area (TPSA) is 115 Å². The summed E-state index contributed by atoms with van der Waals surface area (Å²) < 4.78 is 27.6. The molecule has 0 unspecified atom stereocenters. The molecule has 2 aromatic rings. The average molecular weight is 419 g/mol. The van der Waals surface area contributed by atoms with Gasteiger partial charge in [0.2, 0.25) is 0 Å². The first kappa shape index (κ1) is 15.5. The van der Waals surface area contributed by atoms with Gasteiger partial charge >= 0.3 is 0 Å². The first-order chi connectivity index (χ1) is 9.81. The fourth-order valence-corrected chi connectivity index (χ4v) is 3.40. The van der Waals surface area contributed by atoms with Gasteiger partial charge in [-0.25, -0.2) is 8.42 Å². The number of nitrogens with two attached hydrogens (primary N) is 1. The standard InChI is InChI=1S/C12H10IN3O4S/c13-9-3-1-2-4-11(9)15-21(19,20)8-5-6-10(14)12(7-8)16(17)18/h1-7,15H,14H2. The minimum atomic E-state index is -3.92. The number of hydrogen-bond donors (Lipinski definition) is 2. The van der Waals surface area contributed by atoms with Crippen molar-refractivity contribution in [1.82, 2.24) is 0 Å². The first-order valence-corrected chi connectivity index (χ1v) is 8.19. The maximum atomic E-state index is 12.3. The van der Waals surface area contributed by atoms with Crippen LogP contribution in [-0.4, -0.2) is 13.3 Å². The Morgan fingerprint density at radius 3 is 2.48 bits per heavy atom. The second-order valence-electron chi connectivity index (χ2n) is 4.06. The van der Waals surface area contributed by atoms with E-state index in [0.717, 1.165) is 6.07 Å². The summed E-state index contributed by atoms with van der Waals surface area (Å²) in [5.74, 6) is 0. The van der Waals surface area contributed by atoms with Gasteiger partial charge in [0, 0.05) is 9.64 Å². The van der Waals surface area contributed by atoms with Crippen LogP contribution in [0.3, 0.4) is 0 Å². The Balaban J connectivity index is 2.43. The number of rotatable bonds is 4. The minimum absolute atomic E-state index is 0.0896. The SMILES string of the molecule is Nc1ccc(S(=O)(=O)Nc2ccccc2I)cc1[N+](=O)[O-]. The van der Waals surface area contributed by atoms with Crippen molar-refractivity contribution in [3.63, 3.8) is 0 Å². The molecular weight excluding hydrogens is 409 g/mol. The first-order valence-electron chi connectivity index (χ1n) is 5.62. The predicted molar refractivity (Wildman–Crippen MR) is 87.5 cm³/mol. The number of nitro benzene ring substituents is 1. The van der Waals surface area contributed by atoms with Gasteiger partial charge < -0.3 is 5.73 Å². The maximum absolute atomic E-state index is 12.3. The molecule has 0 fully saturated rings. The van der Waals surface area contributed by atoms with Gasteiger partial charge in [0.1, 0.15) is 5.69 Å². The van der Waals surface area contributed by atoms with E-state index in [2.05, 4.69) is 4.72 Å². The number of hydrogen-bond acceptors (Lipinski definition) is 5. The van der Waals surface area contributed by atoms with E-state index in [1.165, 1.54) is 12.1 Å². The second kappa shape index (κ2) is 5.85. The summed E-state index contributed by atoms with van der Waals surface area (Å²) in [6, 6.07) is 10.2. The Hall–Kier alpha value is -1.88. The highest BCUT2D eigenvalue weighted by atomic mass is 127. The summed E-state index contributed by atoms with van der Waals surface area (Å²) in [5, 5.41) is 10.8. The van der Waals surface area contributed by atoms with Crippen LogP contribution in [0.2, 0.25) is 0 Å². The summed E-state index contributed by atoms with van der Waals surface area (Å²) in [6.07, 6.45) is 0. The van der Waals surface area contributed by atoms with Crippen LogP contribution in [-0.2, 0) is 10.0 Å². The number of para-hydroxylation sites is 1. The van der Waals surface area contributed by atoms with Crippen molar-refractivity contribution < 1.29 is 13.3 Å². The molecule has 2 rings (SSSR count). The van der Waals surface area contributed by atoms with Gasteiger partial charge in [0.25, 0.3) is 15.7 Å². The predicted octanol–water partition coefficient (Wildman–Crippen LogP) is 2.58. The van der Waals surface area contributed by atoms with Crippen molar-refractivity contribution in [2.45, 2.75) is 4.90 Å². The Bertz CT molecular complexity index is 808. The second-order valence-corrected chi connectivity index (χ2v) is 6.91. The molecule has 0 heterocycles. The van der Waals surface area contributed by atoms with E-state index in [1.807, 2.05) is 22.6 Å². The molecule has 0 aliphatic rings. The summed E-state index contributed by atoms with van der Waals surface area (Å²) in [5.41, 5.74) is 5.32. The summed E-state index contributed by atoms with van der Waals surface area (Å²) in [7, 11) is -3.92. The molecule has 0 saturated carbocycles. The summed E-state index contributed by atoms with van der Waals surface area (Å²) in [4.78, 5) is 9.88. The third-order valence-corrected chi connectivity index (χ3v) is 4.93. The highest BCUT2D eigenvalue weighted by molar-refractivity contribution is 14.1. The van der Waals surface area contributed by atoms with Crippen molar-refractivity contribution >= 4 is 49.7 Å². The Morgan fingerprint density at radius 2 is 1.86 bits per heavy atom. The zero-order chi connectivity index (χ0) is 15.6. The van der Waals surface area contributed by atoms with Crippen molar-refractivity contribution in [1.29, 1.82) is 0 Å². The molecule has 21 heavy (non-hydrogen) atoms. The molecule has 0 spiro atoms. The third kappa shape index (κ3) is 3.42. The van der Waals surface area contributed by atoms with Crippen LogP contribution in [0.25, 0.3) is 0 Å². The number of halogens is 1. The molecule has 0 radical (unpaired) electrons. The Labute approximate surface area is 134 Å². The van der Waals surface area contributed by atoms with Crippen LogP contribution in [0.15, 0.2) is 47.4 Å². The monoisotopic (exact) mass is 419 g/mol. The molecule has 2 aromatic carbocycles. The van der Waals surface area contributed by atoms with E-state index in [-0.39, 0.29) is 10.6 Å². The fraction of sp³-hybridized carbons (Fsp3) is 0.